The van der Waals surface area contributed by atoms with Crippen molar-refractivity contribution in [1.82, 2.24) is 0 Å². The van der Waals surface area contributed by atoms with E-state index in [1.54, 1.807) is 6.07 Å². The van der Waals surface area contributed by atoms with E-state index < -0.39 is 10.8 Å². The minimum Gasteiger partial charge on any atom is -0.380 e. The SMILES string of the molecule is Cc1ccc(F)c(NC2CCS(=O)CC2)c1. The van der Waals surface area contributed by atoms with Crippen molar-refractivity contribution < 1.29 is 8.60 Å². The second kappa shape index (κ2) is 4.95. The van der Waals surface area contributed by atoms with Gasteiger partial charge in [0.2, 0.25) is 0 Å². The van der Waals surface area contributed by atoms with E-state index in [1.165, 1.54) is 6.07 Å². The van der Waals surface area contributed by atoms with Crippen molar-refractivity contribution >= 4 is 16.5 Å². The molecule has 1 heterocycles. The fraction of sp³-hybridized carbons (Fsp3) is 0.500. The first-order valence-corrected chi connectivity index (χ1v) is 7.01. The molecule has 0 aliphatic carbocycles. The van der Waals surface area contributed by atoms with Crippen molar-refractivity contribution in [2.45, 2.75) is 25.8 Å². The van der Waals surface area contributed by atoms with Gasteiger partial charge in [-0.1, -0.05) is 6.07 Å². The van der Waals surface area contributed by atoms with Gasteiger partial charge < -0.3 is 5.32 Å². The van der Waals surface area contributed by atoms with Crippen molar-refractivity contribution in [3.8, 4) is 0 Å². The number of nitrogens with one attached hydrogen (secondary N) is 1. The zero-order valence-corrected chi connectivity index (χ0v) is 10.1. The van der Waals surface area contributed by atoms with Gasteiger partial charge in [0.05, 0.1) is 5.69 Å². The average Bonchev–Trinajstić information content (AvgIpc) is 2.27. The van der Waals surface area contributed by atoms with E-state index in [0.29, 0.717) is 5.69 Å². The Balaban J connectivity index is 2.03. The highest BCUT2D eigenvalue weighted by Crippen LogP contribution is 2.20. The Bertz CT molecular complexity index is 398. The van der Waals surface area contributed by atoms with Crippen LogP contribution >= 0.6 is 0 Å². The summed E-state index contributed by atoms with van der Waals surface area (Å²) in [5.74, 6) is 1.24. The average molecular weight is 241 g/mol. The molecule has 1 aromatic carbocycles. The Morgan fingerprint density at radius 3 is 2.75 bits per heavy atom. The van der Waals surface area contributed by atoms with E-state index in [4.69, 9.17) is 0 Å². The highest BCUT2D eigenvalue weighted by Gasteiger charge is 2.18. The summed E-state index contributed by atoms with van der Waals surface area (Å²) < 4.78 is 24.7. The Hall–Kier alpha value is -0.900. The van der Waals surface area contributed by atoms with Crippen LogP contribution in [0.25, 0.3) is 0 Å². The molecule has 0 unspecified atom stereocenters. The predicted molar refractivity (Wildman–Crippen MR) is 65.7 cm³/mol. The van der Waals surface area contributed by atoms with E-state index in [9.17, 15) is 8.60 Å². The van der Waals surface area contributed by atoms with E-state index in [-0.39, 0.29) is 11.9 Å². The molecule has 0 spiro atoms. The fourth-order valence-electron chi connectivity index (χ4n) is 1.91. The molecule has 0 saturated carbocycles. The van der Waals surface area contributed by atoms with Gasteiger partial charge in [-0.3, -0.25) is 4.21 Å². The zero-order chi connectivity index (χ0) is 11.5. The maximum absolute atomic E-state index is 13.5. The van der Waals surface area contributed by atoms with E-state index in [1.807, 2.05) is 13.0 Å². The van der Waals surface area contributed by atoms with Gasteiger partial charge in [-0.25, -0.2) is 4.39 Å². The third kappa shape index (κ3) is 2.82. The largest absolute Gasteiger partial charge is 0.380 e. The van der Waals surface area contributed by atoms with Gasteiger partial charge >= 0.3 is 0 Å². The Labute approximate surface area is 97.7 Å². The smallest absolute Gasteiger partial charge is 0.146 e. The quantitative estimate of drug-likeness (QED) is 0.861. The molecule has 0 amide bonds. The molecule has 4 heteroatoms. The molecule has 2 rings (SSSR count). The summed E-state index contributed by atoms with van der Waals surface area (Å²) in [6.45, 7) is 1.94. The summed E-state index contributed by atoms with van der Waals surface area (Å²) in [5, 5.41) is 3.20. The highest BCUT2D eigenvalue weighted by molar-refractivity contribution is 7.85. The van der Waals surface area contributed by atoms with Gasteiger partial charge in [-0.2, -0.15) is 0 Å². The van der Waals surface area contributed by atoms with Gasteiger partial charge in [0.1, 0.15) is 5.82 Å². The first-order valence-electron chi connectivity index (χ1n) is 5.53. The van der Waals surface area contributed by atoms with E-state index in [0.717, 1.165) is 29.9 Å². The topological polar surface area (TPSA) is 29.1 Å². The number of halogens is 1. The first-order chi connectivity index (χ1) is 7.65. The summed E-state index contributed by atoms with van der Waals surface area (Å²) >= 11 is 0. The molecule has 1 aliphatic heterocycles. The van der Waals surface area contributed by atoms with Crippen molar-refractivity contribution in [2.75, 3.05) is 16.8 Å². The molecule has 0 aromatic heterocycles. The standard InChI is InChI=1S/C12H16FNOS/c1-9-2-3-11(13)12(8-9)14-10-4-6-16(15)7-5-10/h2-3,8,10,14H,4-7H2,1H3. The zero-order valence-electron chi connectivity index (χ0n) is 9.33. The Morgan fingerprint density at radius 1 is 1.38 bits per heavy atom. The molecule has 1 N–H and O–H groups in total. The van der Waals surface area contributed by atoms with Gasteiger partial charge in [-0.15, -0.1) is 0 Å². The fourth-order valence-corrected chi connectivity index (χ4v) is 3.21. The van der Waals surface area contributed by atoms with Crippen LogP contribution in [0.4, 0.5) is 10.1 Å². The minimum absolute atomic E-state index is 0.211. The van der Waals surface area contributed by atoms with Crippen LogP contribution in [0.1, 0.15) is 18.4 Å². The lowest BCUT2D eigenvalue weighted by Gasteiger charge is -2.24. The molecule has 0 radical (unpaired) electrons. The van der Waals surface area contributed by atoms with Crippen LogP contribution in [-0.2, 0) is 10.8 Å². The second-order valence-corrected chi connectivity index (χ2v) is 5.95. The predicted octanol–water partition coefficient (Wildman–Crippen LogP) is 2.46. The molecular weight excluding hydrogens is 225 g/mol. The lowest BCUT2D eigenvalue weighted by molar-refractivity contribution is 0.604. The van der Waals surface area contributed by atoms with Crippen molar-refractivity contribution in [1.29, 1.82) is 0 Å². The van der Waals surface area contributed by atoms with Crippen LogP contribution in [0.5, 0.6) is 0 Å². The van der Waals surface area contributed by atoms with Gasteiger partial charge in [0, 0.05) is 28.3 Å². The third-order valence-corrected chi connectivity index (χ3v) is 4.25. The summed E-state index contributed by atoms with van der Waals surface area (Å²) in [4.78, 5) is 0. The van der Waals surface area contributed by atoms with Crippen molar-refractivity contribution in [2.24, 2.45) is 0 Å². The summed E-state index contributed by atoms with van der Waals surface area (Å²) in [7, 11) is -0.662. The Kier molecular flexibility index (Phi) is 3.59. The van der Waals surface area contributed by atoms with Crippen molar-refractivity contribution in [3.63, 3.8) is 0 Å². The number of hydrogen-bond donors (Lipinski definition) is 1. The molecule has 2 nitrogen and oxygen atoms in total. The third-order valence-electron chi connectivity index (χ3n) is 2.87. The normalized spacial score (nSPS) is 25.4. The Morgan fingerprint density at radius 2 is 2.06 bits per heavy atom. The number of benzene rings is 1. The van der Waals surface area contributed by atoms with Crippen LogP contribution in [-0.4, -0.2) is 21.8 Å². The number of anilines is 1. The van der Waals surface area contributed by atoms with Crippen LogP contribution in [0, 0.1) is 12.7 Å². The van der Waals surface area contributed by atoms with Gasteiger partial charge in [0.25, 0.3) is 0 Å². The molecule has 1 aliphatic rings. The monoisotopic (exact) mass is 241 g/mol. The van der Waals surface area contributed by atoms with Crippen LogP contribution in [0.3, 0.4) is 0 Å². The van der Waals surface area contributed by atoms with Gasteiger partial charge in [0.15, 0.2) is 0 Å². The molecule has 1 aromatic rings. The number of hydrogen-bond acceptors (Lipinski definition) is 2. The van der Waals surface area contributed by atoms with Crippen LogP contribution < -0.4 is 5.32 Å². The highest BCUT2D eigenvalue weighted by atomic mass is 32.2. The lowest BCUT2D eigenvalue weighted by Crippen LogP contribution is -2.29. The van der Waals surface area contributed by atoms with E-state index in [2.05, 4.69) is 5.32 Å². The molecular formula is C12H16FNOS. The summed E-state index contributed by atoms with van der Waals surface area (Å²) in [5.41, 5.74) is 1.61. The van der Waals surface area contributed by atoms with Crippen LogP contribution in [0.2, 0.25) is 0 Å². The van der Waals surface area contributed by atoms with Crippen molar-refractivity contribution in [3.05, 3.63) is 29.6 Å². The summed E-state index contributed by atoms with van der Waals surface area (Å²) in [6.07, 6.45) is 1.72. The molecule has 1 saturated heterocycles. The second-order valence-electron chi connectivity index (χ2n) is 4.25. The first kappa shape index (κ1) is 11.6. The number of aryl methyl sites for hydroxylation is 1. The molecule has 1 fully saturated rings. The summed E-state index contributed by atoms with van der Waals surface area (Å²) in [6, 6.07) is 5.32. The molecule has 88 valence electrons. The lowest BCUT2D eigenvalue weighted by atomic mass is 10.1. The minimum atomic E-state index is -0.662. The maximum atomic E-state index is 13.5. The van der Waals surface area contributed by atoms with E-state index >= 15 is 0 Å². The molecule has 16 heavy (non-hydrogen) atoms. The molecule has 0 bridgehead atoms. The number of rotatable bonds is 2. The van der Waals surface area contributed by atoms with Crippen LogP contribution in [0.15, 0.2) is 18.2 Å². The maximum Gasteiger partial charge on any atom is 0.146 e. The molecule has 0 atom stereocenters. The van der Waals surface area contributed by atoms with Gasteiger partial charge in [-0.05, 0) is 37.5 Å².